The minimum absolute atomic E-state index is 0.00790. The summed E-state index contributed by atoms with van der Waals surface area (Å²) in [6, 6.07) is 8.05. The molecule has 9 nitrogen and oxygen atoms in total. The number of halogens is 2. The summed E-state index contributed by atoms with van der Waals surface area (Å²) in [5.74, 6) is -1.81. The van der Waals surface area contributed by atoms with Gasteiger partial charge in [-0.25, -0.2) is 23.1 Å². The molecule has 11 heteroatoms. The molecule has 0 saturated carbocycles. The first-order valence-corrected chi connectivity index (χ1v) is 9.60. The summed E-state index contributed by atoms with van der Waals surface area (Å²) in [6.07, 6.45) is 1.30. The molecule has 0 fully saturated rings. The van der Waals surface area contributed by atoms with E-state index in [4.69, 9.17) is 0 Å². The van der Waals surface area contributed by atoms with E-state index in [0.29, 0.717) is 11.6 Å². The smallest absolute Gasteiger partial charge is 0.320 e. The van der Waals surface area contributed by atoms with Crippen LogP contribution in [-0.4, -0.2) is 23.6 Å². The standard InChI is InChI=1S/C21H17F2N5O4/c1-12(2)26-20(29)18-19(27(21(26)30)17-7-6-14(22)9-16(17)23)24-11-25(18)10-13-4-3-5-15(8-13)28(31)32/h3-9,11-12H,10H2,1-2H3. The van der Waals surface area contributed by atoms with E-state index in [1.54, 1.807) is 19.9 Å². The van der Waals surface area contributed by atoms with Gasteiger partial charge in [-0.3, -0.25) is 19.5 Å². The average Bonchev–Trinajstić information content (AvgIpc) is 3.13. The van der Waals surface area contributed by atoms with Crippen molar-refractivity contribution < 1.29 is 13.7 Å². The molecule has 2 aromatic heterocycles. The number of hydrogen-bond acceptors (Lipinski definition) is 5. The van der Waals surface area contributed by atoms with Gasteiger partial charge in [0, 0.05) is 30.8 Å². The molecule has 0 spiro atoms. The predicted octanol–water partition coefficient (Wildman–Crippen LogP) is 3.16. The highest BCUT2D eigenvalue weighted by Gasteiger charge is 2.22. The minimum Gasteiger partial charge on any atom is -0.320 e. The third kappa shape index (κ3) is 3.47. The molecule has 0 aliphatic carbocycles. The van der Waals surface area contributed by atoms with Crippen molar-refractivity contribution in [3.63, 3.8) is 0 Å². The van der Waals surface area contributed by atoms with Crippen LogP contribution in [0.25, 0.3) is 16.9 Å². The number of imidazole rings is 1. The Kier molecular flexibility index (Phi) is 5.17. The van der Waals surface area contributed by atoms with Crippen LogP contribution in [-0.2, 0) is 6.54 Å². The molecule has 0 saturated heterocycles. The largest absolute Gasteiger partial charge is 0.337 e. The summed E-state index contributed by atoms with van der Waals surface area (Å²) in [7, 11) is 0. The number of benzene rings is 2. The number of nitro groups is 1. The fourth-order valence-corrected chi connectivity index (χ4v) is 3.57. The molecule has 0 radical (unpaired) electrons. The van der Waals surface area contributed by atoms with Crippen LogP contribution in [0.5, 0.6) is 0 Å². The maximum absolute atomic E-state index is 14.6. The van der Waals surface area contributed by atoms with E-state index >= 15 is 0 Å². The lowest BCUT2D eigenvalue weighted by Gasteiger charge is -2.15. The SMILES string of the molecule is CC(C)n1c(=O)c2c(ncn2Cc2cccc([N+](=O)[O-])c2)n(-c2ccc(F)cc2F)c1=O. The van der Waals surface area contributed by atoms with E-state index in [-0.39, 0.29) is 29.1 Å². The van der Waals surface area contributed by atoms with Crippen molar-refractivity contribution in [2.75, 3.05) is 0 Å². The van der Waals surface area contributed by atoms with Crippen LogP contribution < -0.4 is 11.2 Å². The third-order valence-corrected chi connectivity index (χ3v) is 4.99. The highest BCUT2D eigenvalue weighted by molar-refractivity contribution is 5.72. The summed E-state index contributed by atoms with van der Waals surface area (Å²) in [5.41, 5.74) is -1.39. The van der Waals surface area contributed by atoms with Gasteiger partial charge >= 0.3 is 5.69 Å². The number of rotatable bonds is 5. The Hall–Kier alpha value is -4.15. The lowest BCUT2D eigenvalue weighted by Crippen LogP contribution is -2.41. The van der Waals surface area contributed by atoms with Gasteiger partial charge < -0.3 is 4.57 Å². The topological polar surface area (TPSA) is 105 Å². The van der Waals surface area contributed by atoms with Gasteiger partial charge in [0.2, 0.25) is 0 Å². The Morgan fingerprint density at radius 3 is 2.53 bits per heavy atom. The van der Waals surface area contributed by atoms with Crippen LogP contribution in [0.2, 0.25) is 0 Å². The molecule has 4 rings (SSSR count). The Labute approximate surface area is 178 Å². The summed E-state index contributed by atoms with van der Waals surface area (Å²) in [5, 5.41) is 11.1. The fourth-order valence-electron chi connectivity index (χ4n) is 3.57. The Morgan fingerprint density at radius 2 is 1.88 bits per heavy atom. The summed E-state index contributed by atoms with van der Waals surface area (Å²) in [6.45, 7) is 3.30. The molecular weight excluding hydrogens is 424 g/mol. The van der Waals surface area contributed by atoms with Crippen LogP contribution in [0.1, 0.15) is 25.5 Å². The van der Waals surface area contributed by atoms with Gasteiger partial charge in [0.25, 0.3) is 11.2 Å². The number of aromatic nitrogens is 4. The van der Waals surface area contributed by atoms with E-state index in [0.717, 1.165) is 21.3 Å². The molecular formula is C21H17F2N5O4. The molecule has 0 atom stereocenters. The number of hydrogen-bond donors (Lipinski definition) is 0. The van der Waals surface area contributed by atoms with Gasteiger partial charge in [0.15, 0.2) is 11.2 Å². The molecule has 0 unspecified atom stereocenters. The molecule has 0 N–H and O–H groups in total. The van der Waals surface area contributed by atoms with Crippen molar-refractivity contribution in [1.82, 2.24) is 18.7 Å². The minimum atomic E-state index is -0.990. The first kappa shape index (κ1) is 21.1. The van der Waals surface area contributed by atoms with E-state index in [2.05, 4.69) is 4.98 Å². The second-order valence-corrected chi connectivity index (χ2v) is 7.45. The maximum atomic E-state index is 14.6. The number of non-ortho nitro benzene ring substituents is 1. The van der Waals surface area contributed by atoms with Gasteiger partial charge in [-0.1, -0.05) is 12.1 Å². The van der Waals surface area contributed by atoms with Crippen molar-refractivity contribution in [1.29, 1.82) is 0 Å². The van der Waals surface area contributed by atoms with Crippen LogP contribution >= 0.6 is 0 Å². The Balaban J connectivity index is 2.00. The molecule has 164 valence electrons. The van der Waals surface area contributed by atoms with E-state index in [9.17, 15) is 28.5 Å². The number of nitro benzene ring substituents is 1. The number of fused-ring (bicyclic) bond motifs is 1. The monoisotopic (exact) mass is 441 g/mol. The second kappa shape index (κ2) is 7.84. The van der Waals surface area contributed by atoms with Crippen molar-refractivity contribution in [2.45, 2.75) is 26.4 Å². The molecule has 0 bridgehead atoms. The highest BCUT2D eigenvalue weighted by Crippen LogP contribution is 2.20. The van der Waals surface area contributed by atoms with E-state index < -0.39 is 33.8 Å². The predicted molar refractivity (Wildman–Crippen MR) is 112 cm³/mol. The van der Waals surface area contributed by atoms with Crippen molar-refractivity contribution in [3.05, 3.63) is 96.9 Å². The first-order valence-electron chi connectivity index (χ1n) is 9.60. The molecule has 2 heterocycles. The highest BCUT2D eigenvalue weighted by atomic mass is 19.1. The lowest BCUT2D eigenvalue weighted by atomic mass is 10.2. The van der Waals surface area contributed by atoms with Crippen LogP contribution in [0.3, 0.4) is 0 Å². The van der Waals surface area contributed by atoms with Crippen LogP contribution in [0, 0.1) is 21.7 Å². The summed E-state index contributed by atoms with van der Waals surface area (Å²) >= 11 is 0. The van der Waals surface area contributed by atoms with Crippen molar-refractivity contribution >= 4 is 16.9 Å². The van der Waals surface area contributed by atoms with Crippen LogP contribution in [0.15, 0.2) is 58.4 Å². The van der Waals surface area contributed by atoms with Gasteiger partial charge in [0.05, 0.1) is 16.9 Å². The average molecular weight is 441 g/mol. The zero-order valence-electron chi connectivity index (χ0n) is 17.0. The molecule has 32 heavy (non-hydrogen) atoms. The third-order valence-electron chi connectivity index (χ3n) is 4.99. The molecule has 2 aromatic carbocycles. The van der Waals surface area contributed by atoms with Gasteiger partial charge in [-0.15, -0.1) is 0 Å². The normalized spacial score (nSPS) is 11.4. The lowest BCUT2D eigenvalue weighted by molar-refractivity contribution is -0.384. The van der Waals surface area contributed by atoms with Gasteiger partial charge in [-0.05, 0) is 31.5 Å². The fraction of sp³-hybridized carbons (Fsp3) is 0.190. The van der Waals surface area contributed by atoms with Gasteiger partial charge in [0.1, 0.15) is 11.6 Å². The van der Waals surface area contributed by atoms with Crippen molar-refractivity contribution in [2.24, 2.45) is 0 Å². The van der Waals surface area contributed by atoms with Gasteiger partial charge in [-0.2, -0.15) is 0 Å². The molecule has 4 aromatic rings. The Morgan fingerprint density at radius 1 is 1.12 bits per heavy atom. The zero-order valence-corrected chi connectivity index (χ0v) is 17.0. The second-order valence-electron chi connectivity index (χ2n) is 7.45. The van der Waals surface area contributed by atoms with E-state index in [1.165, 1.54) is 29.1 Å². The summed E-state index contributed by atoms with van der Waals surface area (Å²) in [4.78, 5) is 41.0. The first-order chi connectivity index (χ1) is 15.2. The summed E-state index contributed by atoms with van der Waals surface area (Å²) < 4.78 is 31.3. The quantitative estimate of drug-likeness (QED) is 0.349. The maximum Gasteiger partial charge on any atom is 0.337 e. The molecule has 0 aliphatic heterocycles. The number of nitrogens with zero attached hydrogens (tertiary/aromatic N) is 5. The van der Waals surface area contributed by atoms with Crippen molar-refractivity contribution in [3.8, 4) is 5.69 Å². The van der Waals surface area contributed by atoms with E-state index in [1.807, 2.05) is 0 Å². The molecule has 0 amide bonds. The Bertz CT molecular complexity index is 1490. The van der Waals surface area contributed by atoms with Crippen LogP contribution in [0.4, 0.5) is 14.5 Å². The zero-order chi connectivity index (χ0) is 23.2. The molecule has 0 aliphatic rings.